The lowest BCUT2D eigenvalue weighted by molar-refractivity contribution is 0.424. The summed E-state index contributed by atoms with van der Waals surface area (Å²) in [7, 11) is -3.47. The number of nitrogens with one attached hydrogen (secondary N) is 1. The van der Waals surface area contributed by atoms with E-state index in [2.05, 4.69) is 20.7 Å². The molecule has 3 nitrogen and oxygen atoms in total. The summed E-state index contributed by atoms with van der Waals surface area (Å²) in [5.41, 5.74) is 0. The minimum atomic E-state index is -3.47. The lowest BCUT2D eigenvalue weighted by Crippen LogP contribution is -2.37. The molecule has 0 spiro atoms. The Morgan fingerprint density at radius 2 is 2.00 bits per heavy atom. The van der Waals surface area contributed by atoms with Gasteiger partial charge >= 0.3 is 0 Å². The van der Waals surface area contributed by atoms with E-state index in [4.69, 9.17) is 11.6 Å². The minimum Gasteiger partial charge on any atom is -0.208 e. The Balaban J connectivity index is 2.15. The Morgan fingerprint density at radius 3 is 2.58 bits per heavy atom. The van der Waals surface area contributed by atoms with Gasteiger partial charge in [-0.3, -0.25) is 0 Å². The van der Waals surface area contributed by atoms with Crippen LogP contribution in [0.4, 0.5) is 0 Å². The van der Waals surface area contributed by atoms with Crippen molar-refractivity contribution in [3.05, 3.63) is 27.7 Å². The molecule has 6 heteroatoms. The van der Waals surface area contributed by atoms with Crippen LogP contribution in [0.15, 0.2) is 27.6 Å². The molecule has 1 unspecified atom stereocenters. The topological polar surface area (TPSA) is 46.2 Å². The molecule has 0 heterocycles. The van der Waals surface area contributed by atoms with Crippen LogP contribution in [0.1, 0.15) is 32.6 Å². The third-order valence-electron chi connectivity index (χ3n) is 3.65. The van der Waals surface area contributed by atoms with Crippen molar-refractivity contribution in [2.24, 2.45) is 5.92 Å². The van der Waals surface area contributed by atoms with Crippen LogP contribution in [0.2, 0.25) is 5.02 Å². The highest BCUT2D eigenvalue weighted by molar-refractivity contribution is 9.10. The van der Waals surface area contributed by atoms with Crippen molar-refractivity contribution < 1.29 is 8.42 Å². The van der Waals surface area contributed by atoms with E-state index >= 15 is 0 Å². The van der Waals surface area contributed by atoms with Gasteiger partial charge in [-0.25, -0.2) is 13.1 Å². The molecule has 0 saturated heterocycles. The first-order valence-corrected chi connectivity index (χ1v) is 9.03. The fourth-order valence-corrected chi connectivity index (χ4v) is 4.50. The van der Waals surface area contributed by atoms with E-state index in [0.717, 1.165) is 12.8 Å². The van der Waals surface area contributed by atoms with E-state index in [1.54, 1.807) is 6.07 Å². The largest absolute Gasteiger partial charge is 0.240 e. The van der Waals surface area contributed by atoms with Crippen molar-refractivity contribution in [1.29, 1.82) is 0 Å². The Labute approximate surface area is 127 Å². The number of hydrogen-bond acceptors (Lipinski definition) is 2. The second-order valence-corrected chi connectivity index (χ2v) is 8.01. The zero-order chi connectivity index (χ0) is 14.0. The summed E-state index contributed by atoms with van der Waals surface area (Å²) in [6, 6.07) is 4.62. The fourth-order valence-electron chi connectivity index (χ4n) is 2.51. The molecule has 106 valence electrons. The summed E-state index contributed by atoms with van der Waals surface area (Å²) in [6.45, 7) is 1.94. The summed E-state index contributed by atoms with van der Waals surface area (Å²) in [5, 5.41) is 0.503. The van der Waals surface area contributed by atoms with Crippen LogP contribution in [0, 0.1) is 5.92 Å². The normalized spacial score (nSPS) is 18.7. The molecule has 0 aromatic heterocycles. The second kappa shape index (κ2) is 6.12. The molecule has 1 aromatic rings. The molecule has 1 aliphatic carbocycles. The molecule has 1 fully saturated rings. The molecule has 1 aliphatic rings. The van der Waals surface area contributed by atoms with Crippen LogP contribution in [-0.2, 0) is 10.0 Å². The van der Waals surface area contributed by atoms with Crippen LogP contribution in [0.25, 0.3) is 0 Å². The average Bonchev–Trinajstić information content (AvgIpc) is 2.85. The highest BCUT2D eigenvalue weighted by Gasteiger charge is 2.26. The molecule has 1 N–H and O–H groups in total. The van der Waals surface area contributed by atoms with E-state index in [-0.39, 0.29) is 10.9 Å². The minimum absolute atomic E-state index is 0.0260. The number of rotatable bonds is 4. The first-order chi connectivity index (χ1) is 8.90. The SMILES string of the molecule is CC(NS(=O)(=O)c1ccc(Cl)c(Br)c1)C1CCCC1. The van der Waals surface area contributed by atoms with Crippen LogP contribution in [-0.4, -0.2) is 14.5 Å². The monoisotopic (exact) mass is 365 g/mol. The van der Waals surface area contributed by atoms with Crippen LogP contribution in [0.3, 0.4) is 0 Å². The Bertz CT molecular complexity index is 556. The highest BCUT2D eigenvalue weighted by Crippen LogP contribution is 2.29. The number of sulfonamides is 1. The predicted octanol–water partition coefficient (Wildman–Crippen LogP) is 3.96. The summed E-state index contributed by atoms with van der Waals surface area (Å²) >= 11 is 9.12. The summed E-state index contributed by atoms with van der Waals surface area (Å²) in [5.74, 6) is 0.450. The molecular formula is C13H17BrClNO2S. The van der Waals surface area contributed by atoms with Gasteiger partial charge in [-0.05, 0) is 59.8 Å². The van der Waals surface area contributed by atoms with Crippen molar-refractivity contribution in [1.82, 2.24) is 4.72 Å². The maximum Gasteiger partial charge on any atom is 0.240 e. The number of hydrogen-bond donors (Lipinski definition) is 1. The van der Waals surface area contributed by atoms with Gasteiger partial charge in [0.25, 0.3) is 0 Å². The van der Waals surface area contributed by atoms with Crippen LogP contribution >= 0.6 is 27.5 Å². The van der Waals surface area contributed by atoms with Crippen molar-refractivity contribution in [3.63, 3.8) is 0 Å². The number of benzene rings is 1. The van der Waals surface area contributed by atoms with Crippen LogP contribution in [0.5, 0.6) is 0 Å². The van der Waals surface area contributed by atoms with Gasteiger partial charge in [-0.15, -0.1) is 0 Å². The fraction of sp³-hybridized carbons (Fsp3) is 0.538. The molecule has 1 atom stereocenters. The average molecular weight is 367 g/mol. The van der Waals surface area contributed by atoms with Crippen molar-refractivity contribution in [3.8, 4) is 0 Å². The number of halogens is 2. The second-order valence-electron chi connectivity index (χ2n) is 5.03. The van der Waals surface area contributed by atoms with E-state index in [1.807, 2.05) is 6.92 Å². The van der Waals surface area contributed by atoms with E-state index in [1.165, 1.54) is 25.0 Å². The molecule has 1 aromatic carbocycles. The quantitative estimate of drug-likeness (QED) is 0.876. The highest BCUT2D eigenvalue weighted by atomic mass is 79.9. The molecule has 1 saturated carbocycles. The van der Waals surface area contributed by atoms with Crippen molar-refractivity contribution in [2.75, 3.05) is 0 Å². The van der Waals surface area contributed by atoms with Gasteiger partial charge < -0.3 is 0 Å². The maximum absolute atomic E-state index is 12.3. The van der Waals surface area contributed by atoms with Crippen molar-refractivity contribution >= 4 is 37.6 Å². The maximum atomic E-state index is 12.3. The molecule has 0 bridgehead atoms. The predicted molar refractivity (Wildman–Crippen MR) is 80.9 cm³/mol. The lowest BCUT2D eigenvalue weighted by Gasteiger charge is -2.20. The molecular weight excluding hydrogens is 350 g/mol. The molecule has 19 heavy (non-hydrogen) atoms. The third kappa shape index (κ3) is 3.72. The van der Waals surface area contributed by atoms with Gasteiger partial charge in [0.1, 0.15) is 0 Å². The Hall–Kier alpha value is -0.100. The lowest BCUT2D eigenvalue weighted by atomic mass is 10.0. The Morgan fingerprint density at radius 1 is 1.37 bits per heavy atom. The van der Waals surface area contributed by atoms with E-state index < -0.39 is 10.0 Å². The molecule has 0 amide bonds. The van der Waals surface area contributed by atoms with E-state index in [0.29, 0.717) is 15.4 Å². The summed E-state index contributed by atoms with van der Waals surface area (Å²) in [6.07, 6.45) is 4.61. The standard InChI is InChI=1S/C13H17BrClNO2S/c1-9(10-4-2-3-5-10)16-19(17,18)11-6-7-13(15)12(14)8-11/h6-10,16H,2-5H2,1H3. The van der Waals surface area contributed by atoms with Gasteiger partial charge in [0.2, 0.25) is 10.0 Å². The first-order valence-electron chi connectivity index (χ1n) is 6.37. The van der Waals surface area contributed by atoms with Gasteiger partial charge in [-0.1, -0.05) is 24.4 Å². The van der Waals surface area contributed by atoms with Gasteiger partial charge in [0.05, 0.1) is 9.92 Å². The van der Waals surface area contributed by atoms with Gasteiger partial charge in [-0.2, -0.15) is 0 Å². The van der Waals surface area contributed by atoms with Crippen molar-refractivity contribution in [2.45, 2.75) is 43.5 Å². The molecule has 2 rings (SSSR count). The Kier molecular flexibility index (Phi) is 4.93. The molecule has 0 aliphatic heterocycles. The third-order valence-corrected chi connectivity index (χ3v) is 6.42. The smallest absolute Gasteiger partial charge is 0.208 e. The van der Waals surface area contributed by atoms with Gasteiger partial charge in [0.15, 0.2) is 0 Å². The summed E-state index contributed by atoms with van der Waals surface area (Å²) in [4.78, 5) is 0.244. The zero-order valence-electron chi connectivity index (χ0n) is 10.7. The zero-order valence-corrected chi connectivity index (χ0v) is 13.9. The van der Waals surface area contributed by atoms with Crippen LogP contribution < -0.4 is 4.72 Å². The summed E-state index contributed by atoms with van der Waals surface area (Å²) < 4.78 is 27.9. The molecule has 0 radical (unpaired) electrons. The van der Waals surface area contributed by atoms with Gasteiger partial charge in [0, 0.05) is 10.5 Å². The van der Waals surface area contributed by atoms with E-state index in [9.17, 15) is 8.42 Å². The first kappa shape index (κ1) is 15.3.